The van der Waals surface area contributed by atoms with E-state index >= 15 is 0 Å². The number of carbonyl (C=O) groups is 2. The smallest absolute Gasteiger partial charge is 0.434 e. The van der Waals surface area contributed by atoms with Crippen molar-refractivity contribution in [3.8, 4) is 0 Å². The van der Waals surface area contributed by atoms with Crippen molar-refractivity contribution >= 4 is 12.3 Å². The van der Waals surface area contributed by atoms with Crippen molar-refractivity contribution in [2.24, 2.45) is 0 Å². The summed E-state index contributed by atoms with van der Waals surface area (Å²) >= 11 is 0. The first-order valence-electron chi connectivity index (χ1n) is 7.52. The van der Waals surface area contributed by atoms with Gasteiger partial charge in [-0.3, -0.25) is 0 Å². The molecular weight excluding hydrogens is 276 g/mol. The summed E-state index contributed by atoms with van der Waals surface area (Å²) in [6.07, 6.45) is 2.58. The third-order valence-electron chi connectivity index (χ3n) is 2.49. The fraction of sp³-hybridized carbons (Fsp3) is 0.800. The van der Waals surface area contributed by atoms with E-state index in [-0.39, 0.29) is 12.7 Å². The van der Waals surface area contributed by atoms with Gasteiger partial charge in [0.2, 0.25) is 0 Å². The molecule has 0 aromatic carbocycles. The van der Waals surface area contributed by atoms with E-state index in [1.165, 1.54) is 0 Å². The Morgan fingerprint density at radius 1 is 0.952 bits per heavy atom. The predicted molar refractivity (Wildman–Crippen MR) is 77.7 cm³/mol. The van der Waals surface area contributed by atoms with Gasteiger partial charge in [-0.05, 0) is 39.5 Å². The molecule has 0 aromatic rings. The Bertz CT molecular complexity index is 290. The lowest BCUT2D eigenvalue weighted by Gasteiger charge is -2.14. The van der Waals surface area contributed by atoms with E-state index < -0.39 is 12.3 Å². The van der Waals surface area contributed by atoms with Gasteiger partial charge in [-0.1, -0.05) is 20.3 Å². The van der Waals surface area contributed by atoms with Crippen LogP contribution in [0, 0.1) is 6.10 Å². The minimum atomic E-state index is -0.678. The molecule has 0 aliphatic carbocycles. The van der Waals surface area contributed by atoms with Crippen molar-refractivity contribution < 1.29 is 28.5 Å². The SMILES string of the molecule is CCCCOC(=O)O[C](CC)CCCOC(=O)OC(C)C. The van der Waals surface area contributed by atoms with Crippen molar-refractivity contribution in [3.63, 3.8) is 0 Å². The summed E-state index contributed by atoms with van der Waals surface area (Å²) in [4.78, 5) is 22.5. The zero-order chi connectivity index (χ0) is 16.1. The summed E-state index contributed by atoms with van der Waals surface area (Å²) in [5, 5.41) is 0. The molecule has 0 spiro atoms. The number of ether oxygens (including phenoxy) is 4. The van der Waals surface area contributed by atoms with Gasteiger partial charge >= 0.3 is 12.3 Å². The quantitative estimate of drug-likeness (QED) is 0.444. The number of hydrogen-bond acceptors (Lipinski definition) is 6. The molecule has 1 radical (unpaired) electrons. The Balaban J connectivity index is 3.74. The molecule has 0 aromatic heterocycles. The van der Waals surface area contributed by atoms with Gasteiger partial charge in [0.15, 0.2) is 6.10 Å². The third kappa shape index (κ3) is 12.0. The second kappa shape index (κ2) is 12.3. The first-order valence-corrected chi connectivity index (χ1v) is 7.52. The Morgan fingerprint density at radius 2 is 1.57 bits per heavy atom. The van der Waals surface area contributed by atoms with E-state index in [1.54, 1.807) is 13.8 Å². The molecule has 0 bridgehead atoms. The lowest BCUT2D eigenvalue weighted by Crippen LogP contribution is -2.15. The van der Waals surface area contributed by atoms with Crippen molar-refractivity contribution in [1.29, 1.82) is 0 Å². The van der Waals surface area contributed by atoms with E-state index in [0.717, 1.165) is 12.8 Å². The molecule has 0 aliphatic heterocycles. The molecule has 0 unspecified atom stereocenters. The molecule has 21 heavy (non-hydrogen) atoms. The Morgan fingerprint density at radius 3 is 2.14 bits per heavy atom. The van der Waals surface area contributed by atoms with E-state index in [4.69, 9.17) is 18.9 Å². The first kappa shape index (κ1) is 19.5. The Hall–Kier alpha value is -1.46. The van der Waals surface area contributed by atoms with Gasteiger partial charge in [-0.25, -0.2) is 9.59 Å². The minimum absolute atomic E-state index is 0.198. The molecule has 6 heteroatoms. The lowest BCUT2D eigenvalue weighted by molar-refractivity contribution is 0.0298. The van der Waals surface area contributed by atoms with Crippen LogP contribution >= 0.6 is 0 Å². The summed E-state index contributed by atoms with van der Waals surface area (Å²) < 4.78 is 19.7. The lowest BCUT2D eigenvalue weighted by atomic mass is 10.1. The van der Waals surface area contributed by atoms with Crippen LogP contribution in [0.2, 0.25) is 0 Å². The Labute approximate surface area is 127 Å². The maximum Gasteiger partial charge on any atom is 0.508 e. The summed E-state index contributed by atoms with van der Waals surface area (Å²) in [5.41, 5.74) is 0. The average molecular weight is 303 g/mol. The van der Waals surface area contributed by atoms with Crippen LogP contribution in [0.3, 0.4) is 0 Å². The monoisotopic (exact) mass is 303 g/mol. The molecule has 0 N–H and O–H groups in total. The average Bonchev–Trinajstić information content (AvgIpc) is 2.41. The van der Waals surface area contributed by atoms with Gasteiger partial charge in [0.25, 0.3) is 0 Å². The van der Waals surface area contributed by atoms with Gasteiger partial charge in [-0.15, -0.1) is 0 Å². The highest BCUT2D eigenvalue weighted by atomic mass is 16.7. The van der Waals surface area contributed by atoms with E-state index in [9.17, 15) is 9.59 Å². The highest BCUT2D eigenvalue weighted by molar-refractivity contribution is 5.61. The van der Waals surface area contributed by atoms with Crippen molar-refractivity contribution in [2.75, 3.05) is 13.2 Å². The standard InChI is InChI=1S/C15H27O6/c1-5-7-10-18-15(17)21-13(6-2)9-8-11-19-14(16)20-12(3)4/h12H,5-11H2,1-4H3. The first-order chi connectivity index (χ1) is 9.99. The molecule has 0 fully saturated rings. The second-order valence-corrected chi connectivity index (χ2v) is 4.81. The molecule has 0 heterocycles. The maximum absolute atomic E-state index is 11.4. The molecule has 0 aliphatic rings. The summed E-state index contributed by atoms with van der Waals surface area (Å²) in [5.74, 6) is 0. The van der Waals surface area contributed by atoms with Gasteiger partial charge in [-0.2, -0.15) is 0 Å². The van der Waals surface area contributed by atoms with Crippen LogP contribution in [0.5, 0.6) is 0 Å². The van der Waals surface area contributed by atoms with Crippen molar-refractivity contribution in [3.05, 3.63) is 6.10 Å². The second-order valence-electron chi connectivity index (χ2n) is 4.81. The maximum atomic E-state index is 11.4. The fourth-order valence-electron chi connectivity index (χ4n) is 1.40. The summed E-state index contributed by atoms with van der Waals surface area (Å²) in [7, 11) is 0. The molecule has 0 rings (SSSR count). The van der Waals surface area contributed by atoms with Gasteiger partial charge < -0.3 is 18.9 Å². The molecule has 0 saturated carbocycles. The Kier molecular flexibility index (Phi) is 11.4. The zero-order valence-electron chi connectivity index (χ0n) is 13.5. The van der Waals surface area contributed by atoms with Crippen LogP contribution < -0.4 is 0 Å². The topological polar surface area (TPSA) is 71.1 Å². The molecule has 123 valence electrons. The fourth-order valence-corrected chi connectivity index (χ4v) is 1.40. The third-order valence-corrected chi connectivity index (χ3v) is 2.49. The predicted octanol–water partition coefficient (Wildman–Crippen LogP) is 4.22. The summed E-state index contributed by atoms with van der Waals surface area (Å²) in [6.45, 7) is 8.01. The molecule has 0 saturated heterocycles. The largest absolute Gasteiger partial charge is 0.508 e. The minimum Gasteiger partial charge on any atom is -0.434 e. The van der Waals surface area contributed by atoms with Crippen LogP contribution in [0.25, 0.3) is 0 Å². The number of hydrogen-bond donors (Lipinski definition) is 0. The van der Waals surface area contributed by atoms with Crippen LogP contribution in [-0.4, -0.2) is 31.6 Å². The van der Waals surface area contributed by atoms with E-state index in [0.29, 0.717) is 32.0 Å². The van der Waals surface area contributed by atoms with Crippen LogP contribution in [0.15, 0.2) is 0 Å². The van der Waals surface area contributed by atoms with Crippen molar-refractivity contribution in [1.82, 2.24) is 0 Å². The molecular formula is C15H27O6. The molecule has 0 amide bonds. The highest BCUT2D eigenvalue weighted by Gasteiger charge is 2.15. The van der Waals surface area contributed by atoms with Crippen LogP contribution in [-0.2, 0) is 18.9 Å². The van der Waals surface area contributed by atoms with Crippen LogP contribution in [0.1, 0.15) is 59.8 Å². The molecule has 0 atom stereocenters. The number of unbranched alkanes of at least 4 members (excludes halogenated alkanes) is 1. The van der Waals surface area contributed by atoms with Gasteiger partial charge in [0.1, 0.15) is 0 Å². The van der Waals surface area contributed by atoms with Gasteiger partial charge in [0, 0.05) is 0 Å². The highest BCUT2D eigenvalue weighted by Crippen LogP contribution is 2.16. The number of carbonyl (C=O) groups excluding carboxylic acids is 2. The zero-order valence-corrected chi connectivity index (χ0v) is 13.5. The van der Waals surface area contributed by atoms with E-state index in [1.807, 2.05) is 13.8 Å². The van der Waals surface area contributed by atoms with Crippen LogP contribution in [0.4, 0.5) is 9.59 Å². The molecule has 6 nitrogen and oxygen atoms in total. The summed E-state index contributed by atoms with van der Waals surface area (Å²) in [6, 6.07) is 0. The van der Waals surface area contributed by atoms with Gasteiger partial charge in [0.05, 0.1) is 19.3 Å². The van der Waals surface area contributed by atoms with E-state index in [2.05, 4.69) is 0 Å². The number of rotatable bonds is 10. The normalized spacial score (nSPS) is 10.6. The van der Waals surface area contributed by atoms with Crippen molar-refractivity contribution in [2.45, 2.75) is 65.9 Å².